The lowest BCUT2D eigenvalue weighted by Gasteiger charge is -2.01. The average Bonchev–Trinajstić information content (AvgIpc) is 2.94. The van der Waals surface area contributed by atoms with E-state index in [1.807, 2.05) is 42.5 Å². The van der Waals surface area contributed by atoms with Crippen LogP contribution >= 0.6 is 0 Å². The molecule has 0 spiro atoms. The molecule has 0 bridgehead atoms. The molecule has 3 aromatic carbocycles. The van der Waals surface area contributed by atoms with E-state index in [4.69, 9.17) is 10.7 Å². The summed E-state index contributed by atoms with van der Waals surface area (Å²) in [7, 11) is 0. The number of benzene rings is 3. The van der Waals surface area contributed by atoms with Crippen LogP contribution in [-0.4, -0.2) is 4.92 Å². The van der Waals surface area contributed by atoms with Crippen molar-refractivity contribution in [3.8, 4) is 11.1 Å². The average molecular weight is 315 g/mol. The standard InChI is InChI=1S/C19H13N3O2/c20-14-10-13(9-12-5-7-15(8-6-12)22(23)24)19-17(11-14)16-3-1-2-4-18(16)21-19/h1-11H,20H2. The van der Waals surface area contributed by atoms with Crippen LogP contribution in [0.25, 0.3) is 17.2 Å². The monoisotopic (exact) mass is 315 g/mol. The van der Waals surface area contributed by atoms with Crippen LogP contribution in [-0.2, 0) is 0 Å². The van der Waals surface area contributed by atoms with Gasteiger partial charge in [-0.3, -0.25) is 10.1 Å². The van der Waals surface area contributed by atoms with Crippen LogP contribution in [0.5, 0.6) is 0 Å². The summed E-state index contributed by atoms with van der Waals surface area (Å²) in [5, 5.41) is 12.5. The number of nitro benzene ring substituents is 1. The van der Waals surface area contributed by atoms with Gasteiger partial charge in [0.05, 0.1) is 16.0 Å². The first-order valence-electron chi connectivity index (χ1n) is 7.46. The number of nitro groups is 1. The molecule has 3 aromatic rings. The summed E-state index contributed by atoms with van der Waals surface area (Å²) in [6, 6.07) is 18.2. The van der Waals surface area contributed by atoms with E-state index < -0.39 is 4.92 Å². The Bertz CT molecular complexity index is 1090. The molecule has 0 saturated heterocycles. The van der Waals surface area contributed by atoms with Crippen LogP contribution in [0, 0.1) is 10.1 Å². The first-order chi connectivity index (χ1) is 11.6. The van der Waals surface area contributed by atoms with Crippen LogP contribution in [0.4, 0.5) is 17.1 Å². The van der Waals surface area contributed by atoms with Crippen molar-refractivity contribution in [1.82, 2.24) is 0 Å². The molecule has 4 rings (SSSR count). The molecular weight excluding hydrogens is 302 g/mol. The molecule has 5 heteroatoms. The largest absolute Gasteiger partial charge is 0.399 e. The second kappa shape index (κ2) is 5.31. The lowest BCUT2D eigenvalue weighted by molar-refractivity contribution is -0.384. The number of non-ortho nitro benzene ring substituents is 1. The van der Waals surface area contributed by atoms with Crippen LogP contribution in [0.3, 0.4) is 0 Å². The number of nitrogen functional groups attached to an aromatic ring is 1. The molecule has 0 aliphatic carbocycles. The van der Waals surface area contributed by atoms with Crippen molar-refractivity contribution >= 4 is 23.1 Å². The van der Waals surface area contributed by atoms with Gasteiger partial charge in [-0.2, -0.15) is 0 Å². The van der Waals surface area contributed by atoms with Gasteiger partial charge in [0.15, 0.2) is 0 Å². The Labute approximate surface area is 137 Å². The number of anilines is 1. The lowest BCUT2D eigenvalue weighted by Crippen LogP contribution is -2.25. The number of hydrogen-bond donors (Lipinski definition) is 1. The molecule has 0 saturated carbocycles. The molecule has 24 heavy (non-hydrogen) atoms. The summed E-state index contributed by atoms with van der Waals surface area (Å²) in [6.07, 6.45) is 1.94. The maximum absolute atomic E-state index is 10.8. The van der Waals surface area contributed by atoms with Gasteiger partial charge in [0.1, 0.15) is 0 Å². The van der Waals surface area contributed by atoms with Crippen molar-refractivity contribution in [3.63, 3.8) is 0 Å². The predicted molar refractivity (Wildman–Crippen MR) is 93.4 cm³/mol. The van der Waals surface area contributed by atoms with E-state index in [1.54, 1.807) is 12.1 Å². The van der Waals surface area contributed by atoms with E-state index >= 15 is 0 Å². The molecule has 1 heterocycles. The van der Waals surface area contributed by atoms with Gasteiger partial charge >= 0.3 is 0 Å². The van der Waals surface area contributed by atoms with E-state index in [9.17, 15) is 10.1 Å². The first kappa shape index (κ1) is 14.1. The van der Waals surface area contributed by atoms with E-state index in [0.29, 0.717) is 5.69 Å². The Morgan fingerprint density at radius 1 is 1.00 bits per heavy atom. The van der Waals surface area contributed by atoms with Crippen molar-refractivity contribution in [1.29, 1.82) is 0 Å². The maximum atomic E-state index is 10.8. The van der Waals surface area contributed by atoms with Gasteiger partial charge in [-0.1, -0.05) is 18.2 Å². The van der Waals surface area contributed by atoms with E-state index in [0.717, 1.165) is 33.0 Å². The molecule has 0 aromatic heterocycles. The van der Waals surface area contributed by atoms with E-state index in [-0.39, 0.29) is 5.69 Å². The van der Waals surface area contributed by atoms with Gasteiger partial charge in [-0.25, -0.2) is 4.99 Å². The number of rotatable bonds is 2. The Kier molecular flexibility index (Phi) is 3.13. The normalized spacial score (nSPS) is 12.4. The Hall–Kier alpha value is -3.47. The van der Waals surface area contributed by atoms with Crippen molar-refractivity contribution < 1.29 is 4.92 Å². The molecule has 0 amide bonds. The molecular formula is C19H13N3O2. The minimum absolute atomic E-state index is 0.0713. The van der Waals surface area contributed by atoms with Gasteiger partial charge in [-0.15, -0.1) is 0 Å². The molecule has 0 unspecified atom stereocenters. The SMILES string of the molecule is Nc1cc2c(c(=Cc3ccc([N+](=O)[O-])cc3)c1)=Nc1ccccc1-2. The summed E-state index contributed by atoms with van der Waals surface area (Å²) in [4.78, 5) is 15.1. The van der Waals surface area contributed by atoms with Crippen LogP contribution in [0.15, 0.2) is 65.7 Å². The fraction of sp³-hybridized carbons (Fsp3) is 0. The number of nitrogens with two attached hydrogens (primary N) is 1. The van der Waals surface area contributed by atoms with Gasteiger partial charge < -0.3 is 5.73 Å². The Balaban J connectivity index is 1.91. The van der Waals surface area contributed by atoms with Crippen LogP contribution < -0.4 is 16.3 Å². The summed E-state index contributed by atoms with van der Waals surface area (Å²) in [5.41, 5.74) is 10.7. The zero-order valence-corrected chi connectivity index (χ0v) is 12.6. The number of para-hydroxylation sites is 1. The molecule has 5 nitrogen and oxygen atoms in total. The first-order valence-corrected chi connectivity index (χ1v) is 7.46. The highest BCUT2D eigenvalue weighted by Gasteiger charge is 2.14. The second-order valence-corrected chi connectivity index (χ2v) is 5.63. The summed E-state index contributed by atoms with van der Waals surface area (Å²) < 4.78 is 0. The quantitative estimate of drug-likeness (QED) is 0.351. The highest BCUT2D eigenvalue weighted by Crippen LogP contribution is 2.31. The van der Waals surface area contributed by atoms with E-state index in [1.165, 1.54) is 12.1 Å². The fourth-order valence-corrected chi connectivity index (χ4v) is 2.91. The number of nitrogens with zero attached hydrogens (tertiary/aromatic N) is 2. The predicted octanol–water partition coefficient (Wildman–Crippen LogP) is 2.94. The molecule has 0 fully saturated rings. The molecule has 2 N–H and O–H groups in total. The Morgan fingerprint density at radius 3 is 2.50 bits per heavy atom. The molecule has 116 valence electrons. The van der Waals surface area contributed by atoms with Crippen LogP contribution in [0.1, 0.15) is 5.56 Å². The maximum Gasteiger partial charge on any atom is 0.269 e. The van der Waals surface area contributed by atoms with Gasteiger partial charge in [0.25, 0.3) is 5.69 Å². The molecule has 1 aliphatic rings. The highest BCUT2D eigenvalue weighted by molar-refractivity contribution is 5.81. The van der Waals surface area contributed by atoms with Gasteiger partial charge in [0, 0.05) is 34.2 Å². The van der Waals surface area contributed by atoms with Crippen molar-refractivity contribution in [2.45, 2.75) is 0 Å². The summed E-state index contributed by atoms with van der Waals surface area (Å²) in [5.74, 6) is 0. The van der Waals surface area contributed by atoms with Gasteiger partial charge in [0.2, 0.25) is 0 Å². The van der Waals surface area contributed by atoms with Crippen molar-refractivity contribution in [2.75, 3.05) is 5.73 Å². The minimum Gasteiger partial charge on any atom is -0.399 e. The zero-order chi connectivity index (χ0) is 16.7. The third-order valence-corrected chi connectivity index (χ3v) is 4.01. The third-order valence-electron chi connectivity index (χ3n) is 4.01. The van der Waals surface area contributed by atoms with Crippen molar-refractivity contribution in [3.05, 3.63) is 86.9 Å². The fourth-order valence-electron chi connectivity index (χ4n) is 2.91. The molecule has 0 radical (unpaired) electrons. The zero-order valence-electron chi connectivity index (χ0n) is 12.6. The summed E-state index contributed by atoms with van der Waals surface area (Å²) >= 11 is 0. The number of hydrogen-bond acceptors (Lipinski definition) is 4. The smallest absolute Gasteiger partial charge is 0.269 e. The topological polar surface area (TPSA) is 81.5 Å². The van der Waals surface area contributed by atoms with Gasteiger partial charge in [-0.05, 0) is 42.0 Å². The minimum atomic E-state index is -0.409. The van der Waals surface area contributed by atoms with Crippen molar-refractivity contribution in [2.24, 2.45) is 4.99 Å². The third kappa shape index (κ3) is 2.32. The van der Waals surface area contributed by atoms with E-state index in [2.05, 4.69) is 0 Å². The highest BCUT2D eigenvalue weighted by atomic mass is 16.6. The lowest BCUT2D eigenvalue weighted by atomic mass is 10.0. The number of fused-ring (bicyclic) bond motifs is 3. The summed E-state index contributed by atoms with van der Waals surface area (Å²) in [6.45, 7) is 0. The second-order valence-electron chi connectivity index (χ2n) is 5.63. The molecule has 1 aliphatic heterocycles. The van der Waals surface area contributed by atoms with Crippen LogP contribution in [0.2, 0.25) is 0 Å². The Morgan fingerprint density at radius 2 is 1.75 bits per heavy atom. The molecule has 0 atom stereocenters.